The fraction of sp³-hybridized carbons (Fsp3) is 0.692. The Morgan fingerprint density at radius 3 is 2.55 bits per heavy atom. The lowest BCUT2D eigenvalue weighted by Gasteiger charge is -2.38. The van der Waals surface area contributed by atoms with Crippen LogP contribution >= 0.6 is 0 Å². The summed E-state index contributed by atoms with van der Waals surface area (Å²) in [5.74, 6) is 0.239. The summed E-state index contributed by atoms with van der Waals surface area (Å²) in [5.41, 5.74) is -0.263. The maximum absolute atomic E-state index is 12.4. The van der Waals surface area contributed by atoms with Gasteiger partial charge >= 0.3 is 0 Å². The number of fused-ring (bicyclic) bond motifs is 1. The second-order valence-electron chi connectivity index (χ2n) is 6.84. The Labute approximate surface area is 131 Å². The maximum atomic E-state index is 12.4. The smallest absolute Gasteiger partial charge is 0.271 e. The highest BCUT2D eigenvalue weighted by molar-refractivity contribution is 7.91. The van der Waals surface area contributed by atoms with Crippen LogP contribution in [0.2, 0.25) is 0 Å². The number of hydrogen-bond donors (Lipinski definition) is 2. The summed E-state index contributed by atoms with van der Waals surface area (Å²) in [6.45, 7) is 8.39. The van der Waals surface area contributed by atoms with Gasteiger partial charge in [0.05, 0.1) is 5.75 Å². The minimum absolute atomic E-state index is 0.125. The molecule has 9 heteroatoms. The van der Waals surface area contributed by atoms with Crippen molar-refractivity contribution in [3.8, 4) is 0 Å². The lowest BCUT2D eigenvalue weighted by Crippen LogP contribution is -2.43. The molecule has 1 aliphatic heterocycles. The van der Waals surface area contributed by atoms with Gasteiger partial charge in [-0.25, -0.2) is 22.0 Å². The predicted molar refractivity (Wildman–Crippen MR) is 81.5 cm³/mol. The molecule has 0 radical (unpaired) electrons. The van der Waals surface area contributed by atoms with Crippen LogP contribution in [0.4, 0.5) is 0 Å². The molecule has 3 N–H and O–H groups in total. The number of nitrogens with two attached hydrogens (primary N) is 1. The zero-order valence-corrected chi connectivity index (χ0v) is 14.7. The number of furan rings is 1. The van der Waals surface area contributed by atoms with Crippen LogP contribution in [0.25, 0.3) is 0 Å². The van der Waals surface area contributed by atoms with E-state index in [9.17, 15) is 16.8 Å². The van der Waals surface area contributed by atoms with Gasteiger partial charge in [0.15, 0.2) is 0 Å². The summed E-state index contributed by atoms with van der Waals surface area (Å²) in [6.07, 6.45) is 0. The fourth-order valence-electron chi connectivity index (χ4n) is 2.75. The van der Waals surface area contributed by atoms with E-state index in [4.69, 9.17) is 9.56 Å². The number of nitrogens with one attached hydrogen (secondary N) is 1. The highest BCUT2D eigenvalue weighted by Gasteiger charge is 2.46. The van der Waals surface area contributed by atoms with Crippen LogP contribution in [0.15, 0.2) is 20.7 Å². The zero-order chi connectivity index (χ0) is 16.9. The molecule has 0 aromatic carbocycles. The van der Waals surface area contributed by atoms with Gasteiger partial charge in [0.1, 0.15) is 0 Å². The molecule has 1 aromatic rings. The third kappa shape index (κ3) is 3.22. The van der Waals surface area contributed by atoms with Gasteiger partial charge in [-0.2, -0.15) is 0 Å². The highest BCUT2D eigenvalue weighted by Crippen LogP contribution is 2.45. The minimum atomic E-state index is -4.10. The van der Waals surface area contributed by atoms with Gasteiger partial charge in [0, 0.05) is 17.7 Å². The van der Waals surface area contributed by atoms with Crippen molar-refractivity contribution in [2.45, 2.75) is 43.9 Å². The molecule has 0 fully saturated rings. The topological polar surface area (TPSA) is 119 Å². The Kier molecular flexibility index (Phi) is 4.23. The summed E-state index contributed by atoms with van der Waals surface area (Å²) in [6, 6.07) is 0.897. The SMILES string of the molecule is CC(C)CNC1c2cc(S(N)(=O)=O)oc2S(=O)(=O)CC1(C)C. The quantitative estimate of drug-likeness (QED) is 0.837. The molecule has 0 spiro atoms. The molecule has 1 aliphatic rings. The summed E-state index contributed by atoms with van der Waals surface area (Å²) < 4.78 is 52.7. The molecule has 7 nitrogen and oxygen atoms in total. The van der Waals surface area contributed by atoms with E-state index in [-0.39, 0.29) is 16.9 Å². The van der Waals surface area contributed by atoms with Crippen molar-refractivity contribution in [1.29, 1.82) is 0 Å². The first-order chi connectivity index (χ1) is 9.84. The first-order valence-electron chi connectivity index (χ1n) is 6.97. The summed E-state index contributed by atoms with van der Waals surface area (Å²) in [7, 11) is -7.79. The maximum Gasteiger partial charge on any atom is 0.271 e. The third-order valence-corrected chi connectivity index (χ3v) is 6.42. The van der Waals surface area contributed by atoms with E-state index in [1.54, 1.807) is 0 Å². The van der Waals surface area contributed by atoms with Crippen molar-refractivity contribution in [2.75, 3.05) is 12.3 Å². The number of hydrogen-bond acceptors (Lipinski definition) is 6. The van der Waals surface area contributed by atoms with Crippen molar-refractivity contribution < 1.29 is 21.3 Å². The summed E-state index contributed by atoms with van der Waals surface area (Å²) in [5, 5.41) is 7.55. The second-order valence-corrected chi connectivity index (χ2v) is 10.2. The van der Waals surface area contributed by atoms with Gasteiger partial charge in [-0.05, 0) is 17.9 Å². The summed E-state index contributed by atoms with van der Waals surface area (Å²) in [4.78, 5) is 0. The van der Waals surface area contributed by atoms with Crippen molar-refractivity contribution in [2.24, 2.45) is 16.5 Å². The van der Waals surface area contributed by atoms with Gasteiger partial charge < -0.3 is 9.73 Å². The lowest BCUT2D eigenvalue weighted by molar-refractivity contribution is 0.242. The lowest BCUT2D eigenvalue weighted by atomic mass is 9.82. The zero-order valence-electron chi connectivity index (χ0n) is 13.1. The Balaban J connectivity index is 2.60. The van der Waals surface area contributed by atoms with Crippen LogP contribution in [0.5, 0.6) is 0 Å². The van der Waals surface area contributed by atoms with E-state index in [0.29, 0.717) is 18.0 Å². The van der Waals surface area contributed by atoms with Crippen molar-refractivity contribution in [1.82, 2.24) is 5.32 Å². The number of sulfonamides is 1. The average molecular weight is 350 g/mol. The van der Waals surface area contributed by atoms with E-state index in [1.165, 1.54) is 6.07 Å². The number of sulfone groups is 1. The predicted octanol–water partition coefficient (Wildman–Crippen LogP) is 1.03. The van der Waals surface area contributed by atoms with Crippen molar-refractivity contribution >= 4 is 19.9 Å². The van der Waals surface area contributed by atoms with Gasteiger partial charge in [-0.1, -0.05) is 27.7 Å². The number of primary sulfonamides is 1. The molecule has 126 valence electrons. The largest absolute Gasteiger partial charge is 0.431 e. The van der Waals surface area contributed by atoms with E-state index in [1.807, 2.05) is 27.7 Å². The molecule has 0 amide bonds. The average Bonchev–Trinajstić information content (AvgIpc) is 2.71. The van der Waals surface area contributed by atoms with Gasteiger partial charge in [0.2, 0.25) is 20.0 Å². The van der Waals surface area contributed by atoms with Crippen LogP contribution in [-0.4, -0.2) is 29.1 Å². The molecule has 1 unspecified atom stereocenters. The van der Waals surface area contributed by atoms with Crippen LogP contribution < -0.4 is 10.5 Å². The molecule has 0 saturated heterocycles. The van der Waals surface area contributed by atoms with Crippen LogP contribution in [0.1, 0.15) is 39.3 Å². The number of rotatable bonds is 4. The molecule has 0 bridgehead atoms. The molecule has 0 saturated carbocycles. The first-order valence-corrected chi connectivity index (χ1v) is 10.2. The van der Waals surface area contributed by atoms with Gasteiger partial charge in [-0.3, -0.25) is 0 Å². The first kappa shape index (κ1) is 17.5. The monoisotopic (exact) mass is 350 g/mol. The van der Waals surface area contributed by atoms with Crippen LogP contribution in [0.3, 0.4) is 0 Å². The van der Waals surface area contributed by atoms with E-state index in [2.05, 4.69) is 5.32 Å². The fourth-order valence-corrected chi connectivity index (χ4v) is 5.32. The normalized spacial score (nSPS) is 23.5. The molecule has 2 rings (SSSR count). The van der Waals surface area contributed by atoms with E-state index in [0.717, 1.165) is 0 Å². The molecule has 1 aromatic heterocycles. The van der Waals surface area contributed by atoms with Crippen molar-refractivity contribution in [3.05, 3.63) is 11.6 Å². The van der Waals surface area contributed by atoms with E-state index >= 15 is 0 Å². The van der Waals surface area contributed by atoms with Gasteiger partial charge in [-0.15, -0.1) is 0 Å². The third-order valence-electron chi connectivity index (χ3n) is 3.65. The van der Waals surface area contributed by atoms with Gasteiger partial charge in [0.25, 0.3) is 10.0 Å². The Hall–Kier alpha value is -0.900. The van der Waals surface area contributed by atoms with E-state index < -0.39 is 30.4 Å². The molecule has 0 aliphatic carbocycles. The standard InChI is InChI=1S/C13H22N2O5S2/c1-8(2)6-15-11-9-5-10(22(14,18)19)20-12(9)21(16,17)7-13(11,3)4/h5,8,11,15H,6-7H2,1-4H3,(H2,14,18,19). The Bertz CT molecular complexity index is 775. The van der Waals surface area contributed by atoms with Crippen molar-refractivity contribution in [3.63, 3.8) is 0 Å². The molecular weight excluding hydrogens is 328 g/mol. The Morgan fingerprint density at radius 2 is 2.05 bits per heavy atom. The summed E-state index contributed by atoms with van der Waals surface area (Å²) >= 11 is 0. The Morgan fingerprint density at radius 1 is 1.45 bits per heavy atom. The molecular formula is C13H22N2O5S2. The molecule has 1 atom stereocenters. The minimum Gasteiger partial charge on any atom is -0.431 e. The van der Waals surface area contributed by atoms with Crippen LogP contribution in [-0.2, 0) is 19.9 Å². The molecule has 22 heavy (non-hydrogen) atoms. The van der Waals surface area contributed by atoms with Crippen LogP contribution in [0, 0.1) is 11.3 Å². The highest BCUT2D eigenvalue weighted by atomic mass is 32.2. The second kappa shape index (κ2) is 5.33. The molecule has 2 heterocycles.